The second-order valence-corrected chi connectivity index (χ2v) is 5.38. The summed E-state index contributed by atoms with van der Waals surface area (Å²) in [6.45, 7) is 1.36. The lowest BCUT2D eigenvalue weighted by molar-refractivity contribution is -0.133. The average molecular weight is 305 g/mol. The zero-order valence-electron chi connectivity index (χ0n) is 12.7. The van der Waals surface area contributed by atoms with Gasteiger partial charge in [0.15, 0.2) is 0 Å². The maximum Gasteiger partial charge on any atom is 0.407 e. The summed E-state index contributed by atoms with van der Waals surface area (Å²) in [5, 5.41) is 2.74. The van der Waals surface area contributed by atoms with Crippen LogP contribution < -0.4 is 11.1 Å². The standard InChI is InChI=1S/C16H23N3O3/c17-10-15(20)19-9-5-4-8-14(19)11-18-16(21)22-12-13-6-2-1-3-7-13/h1-3,6-7,14H,4-5,8-12,17H2,(H,18,21)/t14-/m1/s1. The highest BCUT2D eigenvalue weighted by molar-refractivity contribution is 5.78. The van der Waals surface area contributed by atoms with Gasteiger partial charge in [0.1, 0.15) is 6.61 Å². The van der Waals surface area contributed by atoms with Crippen LogP contribution >= 0.6 is 0 Å². The molecule has 0 saturated carbocycles. The smallest absolute Gasteiger partial charge is 0.407 e. The zero-order valence-corrected chi connectivity index (χ0v) is 12.7. The number of benzene rings is 1. The third-order valence-electron chi connectivity index (χ3n) is 3.82. The first-order valence-corrected chi connectivity index (χ1v) is 7.65. The molecule has 0 aliphatic carbocycles. The van der Waals surface area contributed by atoms with Crippen molar-refractivity contribution in [3.05, 3.63) is 35.9 Å². The predicted molar refractivity (Wildman–Crippen MR) is 83.0 cm³/mol. The Morgan fingerprint density at radius 1 is 1.27 bits per heavy atom. The number of piperidine rings is 1. The Labute approximate surface area is 130 Å². The zero-order chi connectivity index (χ0) is 15.8. The second-order valence-electron chi connectivity index (χ2n) is 5.38. The maximum absolute atomic E-state index is 11.8. The van der Waals surface area contributed by atoms with Gasteiger partial charge in [0.2, 0.25) is 5.91 Å². The molecular formula is C16H23N3O3. The van der Waals surface area contributed by atoms with Gasteiger partial charge in [-0.15, -0.1) is 0 Å². The van der Waals surface area contributed by atoms with Crippen LogP contribution in [-0.4, -0.2) is 42.6 Å². The Bertz CT molecular complexity index is 493. The molecule has 6 nitrogen and oxygen atoms in total. The molecule has 0 aromatic heterocycles. The van der Waals surface area contributed by atoms with Gasteiger partial charge in [-0.3, -0.25) is 4.79 Å². The molecule has 0 unspecified atom stereocenters. The molecule has 2 rings (SSSR count). The van der Waals surface area contributed by atoms with Gasteiger partial charge in [-0.25, -0.2) is 4.79 Å². The highest BCUT2D eigenvalue weighted by Gasteiger charge is 2.26. The molecule has 1 aliphatic rings. The molecule has 0 spiro atoms. The molecule has 1 aliphatic heterocycles. The van der Waals surface area contributed by atoms with Gasteiger partial charge in [0.05, 0.1) is 6.54 Å². The fourth-order valence-corrected chi connectivity index (χ4v) is 2.63. The van der Waals surface area contributed by atoms with E-state index in [1.807, 2.05) is 30.3 Å². The summed E-state index contributed by atoms with van der Waals surface area (Å²) in [7, 11) is 0. The topological polar surface area (TPSA) is 84.7 Å². The van der Waals surface area contributed by atoms with E-state index >= 15 is 0 Å². The maximum atomic E-state index is 11.8. The van der Waals surface area contributed by atoms with Gasteiger partial charge in [-0.2, -0.15) is 0 Å². The second kappa shape index (κ2) is 8.38. The normalized spacial score (nSPS) is 17.9. The van der Waals surface area contributed by atoms with E-state index in [0.29, 0.717) is 13.1 Å². The number of ether oxygens (including phenoxy) is 1. The summed E-state index contributed by atoms with van der Waals surface area (Å²) < 4.78 is 5.16. The fourth-order valence-electron chi connectivity index (χ4n) is 2.63. The monoisotopic (exact) mass is 305 g/mol. The minimum atomic E-state index is -0.463. The molecule has 1 aromatic carbocycles. The van der Waals surface area contributed by atoms with Crippen LogP contribution in [0.5, 0.6) is 0 Å². The van der Waals surface area contributed by atoms with Crippen molar-refractivity contribution in [3.63, 3.8) is 0 Å². The SMILES string of the molecule is NCC(=O)N1CCCC[C@@H]1CNC(=O)OCc1ccccc1. The Morgan fingerprint density at radius 3 is 2.77 bits per heavy atom. The van der Waals surface area contributed by atoms with E-state index in [1.165, 1.54) is 0 Å². The van der Waals surface area contributed by atoms with Gasteiger partial charge in [0, 0.05) is 19.1 Å². The van der Waals surface area contributed by atoms with E-state index in [9.17, 15) is 9.59 Å². The van der Waals surface area contributed by atoms with E-state index in [2.05, 4.69) is 5.32 Å². The quantitative estimate of drug-likeness (QED) is 0.857. The third-order valence-corrected chi connectivity index (χ3v) is 3.82. The minimum absolute atomic E-state index is 0.00840. The highest BCUT2D eigenvalue weighted by atomic mass is 16.5. The van der Waals surface area contributed by atoms with Gasteiger partial charge < -0.3 is 20.7 Å². The largest absolute Gasteiger partial charge is 0.445 e. The van der Waals surface area contributed by atoms with Crippen LogP contribution in [0.25, 0.3) is 0 Å². The van der Waals surface area contributed by atoms with Gasteiger partial charge in [-0.05, 0) is 24.8 Å². The van der Waals surface area contributed by atoms with Gasteiger partial charge in [-0.1, -0.05) is 30.3 Å². The Hall–Kier alpha value is -2.08. The number of rotatable bonds is 5. The van der Waals surface area contributed by atoms with E-state index < -0.39 is 6.09 Å². The Balaban J connectivity index is 1.75. The Morgan fingerprint density at radius 2 is 2.05 bits per heavy atom. The molecule has 0 bridgehead atoms. The van der Waals surface area contributed by atoms with Crippen molar-refractivity contribution in [3.8, 4) is 0 Å². The van der Waals surface area contributed by atoms with Crippen LogP contribution in [0.2, 0.25) is 0 Å². The van der Waals surface area contributed by atoms with Crippen LogP contribution in [0.3, 0.4) is 0 Å². The third kappa shape index (κ3) is 4.73. The van der Waals surface area contributed by atoms with Crippen molar-refractivity contribution in [1.82, 2.24) is 10.2 Å². The van der Waals surface area contributed by atoms with E-state index in [0.717, 1.165) is 24.8 Å². The summed E-state index contributed by atoms with van der Waals surface area (Å²) in [5.74, 6) is -0.0656. The van der Waals surface area contributed by atoms with Crippen molar-refractivity contribution in [2.24, 2.45) is 5.73 Å². The lowest BCUT2D eigenvalue weighted by atomic mass is 10.0. The van der Waals surface area contributed by atoms with Crippen molar-refractivity contribution in [2.45, 2.75) is 31.9 Å². The molecular weight excluding hydrogens is 282 g/mol. The Kier molecular flexibility index (Phi) is 6.21. The summed E-state index contributed by atoms with van der Waals surface area (Å²) in [5.41, 5.74) is 6.37. The number of alkyl carbamates (subject to hydrolysis) is 1. The first kappa shape index (κ1) is 16.3. The lowest BCUT2D eigenvalue weighted by Crippen LogP contribution is -2.51. The number of likely N-dealkylation sites (tertiary alicyclic amines) is 1. The van der Waals surface area contributed by atoms with E-state index in [1.54, 1.807) is 4.90 Å². The van der Waals surface area contributed by atoms with Crippen LogP contribution in [-0.2, 0) is 16.1 Å². The first-order valence-electron chi connectivity index (χ1n) is 7.65. The summed E-state index contributed by atoms with van der Waals surface area (Å²) in [6.07, 6.45) is 2.46. The van der Waals surface area contributed by atoms with Crippen molar-refractivity contribution < 1.29 is 14.3 Å². The van der Waals surface area contributed by atoms with Crippen LogP contribution in [0.1, 0.15) is 24.8 Å². The molecule has 1 saturated heterocycles. The van der Waals surface area contributed by atoms with Crippen LogP contribution in [0, 0.1) is 0 Å². The highest BCUT2D eigenvalue weighted by Crippen LogP contribution is 2.16. The molecule has 120 valence electrons. The molecule has 1 aromatic rings. The summed E-state index contributed by atoms with van der Waals surface area (Å²) >= 11 is 0. The molecule has 3 N–H and O–H groups in total. The summed E-state index contributed by atoms with van der Waals surface area (Å²) in [4.78, 5) is 25.3. The number of nitrogens with one attached hydrogen (secondary N) is 1. The molecule has 22 heavy (non-hydrogen) atoms. The minimum Gasteiger partial charge on any atom is -0.445 e. The number of nitrogens with zero attached hydrogens (tertiary/aromatic N) is 1. The van der Waals surface area contributed by atoms with E-state index in [-0.39, 0.29) is 25.1 Å². The molecule has 1 heterocycles. The van der Waals surface area contributed by atoms with Gasteiger partial charge >= 0.3 is 6.09 Å². The van der Waals surface area contributed by atoms with Crippen molar-refractivity contribution in [1.29, 1.82) is 0 Å². The van der Waals surface area contributed by atoms with E-state index in [4.69, 9.17) is 10.5 Å². The van der Waals surface area contributed by atoms with Crippen molar-refractivity contribution in [2.75, 3.05) is 19.6 Å². The first-order chi connectivity index (χ1) is 10.7. The molecule has 1 fully saturated rings. The average Bonchev–Trinajstić information content (AvgIpc) is 2.58. The number of hydrogen-bond acceptors (Lipinski definition) is 4. The van der Waals surface area contributed by atoms with Crippen LogP contribution in [0.4, 0.5) is 4.79 Å². The molecule has 2 amide bonds. The number of hydrogen-bond donors (Lipinski definition) is 2. The molecule has 1 atom stereocenters. The van der Waals surface area contributed by atoms with Crippen LogP contribution in [0.15, 0.2) is 30.3 Å². The number of carbonyl (C=O) groups is 2. The van der Waals surface area contributed by atoms with Gasteiger partial charge in [0.25, 0.3) is 0 Å². The number of nitrogens with two attached hydrogens (primary N) is 1. The number of amides is 2. The number of carbonyl (C=O) groups excluding carboxylic acids is 2. The lowest BCUT2D eigenvalue weighted by Gasteiger charge is -2.35. The predicted octanol–water partition coefficient (Wildman–Crippen LogP) is 1.25. The summed E-state index contributed by atoms with van der Waals surface area (Å²) in [6, 6.07) is 9.51. The molecule has 0 radical (unpaired) electrons. The van der Waals surface area contributed by atoms with Crippen molar-refractivity contribution >= 4 is 12.0 Å². The fraction of sp³-hybridized carbons (Fsp3) is 0.500. The molecule has 6 heteroatoms.